The van der Waals surface area contributed by atoms with E-state index in [9.17, 15) is 0 Å². The summed E-state index contributed by atoms with van der Waals surface area (Å²) in [4.78, 5) is 16.4. The zero-order valence-corrected chi connectivity index (χ0v) is 26.5. The highest BCUT2D eigenvalue weighted by atomic mass is 32.2. The Labute approximate surface area is 258 Å². The Balaban J connectivity index is 1.40. The lowest BCUT2D eigenvalue weighted by molar-refractivity contribution is 0.413. The molecule has 3 aromatic rings. The van der Waals surface area contributed by atoms with Crippen molar-refractivity contribution in [2.24, 2.45) is 5.10 Å². The van der Waals surface area contributed by atoms with E-state index in [0.717, 1.165) is 66.9 Å². The largest absolute Gasteiger partial charge is 0.493 e. The average molecular weight is 601 g/mol. The SMILES string of the molecule is C/C=N\N1C=CC(Oc2ccc(Nc3ncnc4cc(OC)c(N5CCNCC(SC)C5)nc34)cc2C)=C/C1=C(\C)CC. The predicted octanol–water partition coefficient (Wildman–Crippen LogP) is 6.01. The quantitative estimate of drug-likeness (QED) is 0.284. The van der Waals surface area contributed by atoms with Crippen LogP contribution < -0.4 is 25.0 Å². The summed E-state index contributed by atoms with van der Waals surface area (Å²) in [5, 5.41) is 13.8. The first-order valence-corrected chi connectivity index (χ1v) is 15.8. The van der Waals surface area contributed by atoms with Crippen LogP contribution in [-0.2, 0) is 0 Å². The van der Waals surface area contributed by atoms with E-state index < -0.39 is 0 Å². The first-order valence-electron chi connectivity index (χ1n) is 14.5. The van der Waals surface area contributed by atoms with Gasteiger partial charge in [0.05, 0.1) is 18.3 Å². The van der Waals surface area contributed by atoms with Crippen LogP contribution in [-0.4, -0.2) is 71.0 Å². The number of methoxy groups -OCH3 is 1. The first-order chi connectivity index (χ1) is 20.9. The van der Waals surface area contributed by atoms with Gasteiger partial charge in [0.1, 0.15) is 23.4 Å². The van der Waals surface area contributed by atoms with Gasteiger partial charge in [0.25, 0.3) is 0 Å². The van der Waals surface area contributed by atoms with Gasteiger partial charge in [-0.2, -0.15) is 16.9 Å². The second kappa shape index (κ2) is 13.9. The van der Waals surface area contributed by atoms with E-state index in [2.05, 4.69) is 50.7 Å². The molecule has 0 saturated carbocycles. The van der Waals surface area contributed by atoms with Gasteiger partial charge in [-0.15, -0.1) is 0 Å². The molecule has 0 amide bonds. The van der Waals surface area contributed by atoms with E-state index in [-0.39, 0.29) is 0 Å². The van der Waals surface area contributed by atoms with Crippen molar-refractivity contribution in [2.75, 3.05) is 49.8 Å². The molecule has 0 spiro atoms. The maximum Gasteiger partial charge on any atom is 0.172 e. The number of pyridine rings is 1. The number of hydrogen-bond donors (Lipinski definition) is 2. The van der Waals surface area contributed by atoms with Gasteiger partial charge < -0.3 is 25.0 Å². The Morgan fingerprint density at radius 3 is 2.86 bits per heavy atom. The van der Waals surface area contributed by atoms with Crippen molar-refractivity contribution >= 4 is 46.3 Å². The van der Waals surface area contributed by atoms with E-state index in [1.807, 2.05) is 73.2 Å². The van der Waals surface area contributed by atoms with Gasteiger partial charge in [-0.25, -0.2) is 20.0 Å². The molecule has 1 atom stereocenters. The lowest BCUT2D eigenvalue weighted by atomic mass is 10.1. The summed E-state index contributed by atoms with van der Waals surface area (Å²) < 4.78 is 12.1. The van der Waals surface area contributed by atoms with Crippen molar-refractivity contribution < 1.29 is 9.47 Å². The normalized spacial score (nSPS) is 18.6. The molecule has 43 heavy (non-hydrogen) atoms. The third kappa shape index (κ3) is 6.94. The number of hydrazone groups is 1. The van der Waals surface area contributed by atoms with E-state index in [1.54, 1.807) is 19.7 Å². The molecule has 1 saturated heterocycles. The molecule has 2 aliphatic rings. The third-order valence-electron chi connectivity index (χ3n) is 7.54. The lowest BCUT2D eigenvalue weighted by Crippen LogP contribution is -2.32. The molecule has 4 heterocycles. The van der Waals surface area contributed by atoms with E-state index in [4.69, 9.17) is 14.5 Å². The fourth-order valence-electron chi connectivity index (χ4n) is 5.02. The molecule has 1 fully saturated rings. The number of hydrogen-bond acceptors (Lipinski definition) is 11. The summed E-state index contributed by atoms with van der Waals surface area (Å²) in [6.07, 6.45) is 12.3. The molecule has 2 aromatic heterocycles. The fraction of sp³-hybridized carbons (Fsp3) is 0.375. The Morgan fingerprint density at radius 1 is 1.26 bits per heavy atom. The Morgan fingerprint density at radius 2 is 2.12 bits per heavy atom. The zero-order chi connectivity index (χ0) is 30.3. The van der Waals surface area contributed by atoms with Gasteiger partial charge in [0.2, 0.25) is 0 Å². The minimum absolute atomic E-state index is 0.458. The number of nitrogens with one attached hydrogen (secondary N) is 2. The predicted molar refractivity (Wildman–Crippen MR) is 178 cm³/mol. The molecule has 0 radical (unpaired) electrons. The monoisotopic (exact) mass is 600 g/mol. The second-order valence-corrected chi connectivity index (χ2v) is 11.6. The number of fused-ring (bicyclic) bond motifs is 1. The van der Waals surface area contributed by atoms with Gasteiger partial charge in [-0.1, -0.05) is 6.92 Å². The molecule has 10 nitrogen and oxygen atoms in total. The van der Waals surface area contributed by atoms with Gasteiger partial charge >= 0.3 is 0 Å². The van der Waals surface area contributed by atoms with Crippen molar-refractivity contribution in [2.45, 2.75) is 39.4 Å². The summed E-state index contributed by atoms with van der Waals surface area (Å²) in [7, 11) is 1.68. The van der Waals surface area contributed by atoms with Gasteiger partial charge in [-0.05, 0) is 68.9 Å². The number of thioether (sulfide) groups is 1. The standard InChI is InChI=1S/C32H40N8O2S/c1-7-21(3)27-16-24(11-13-40(27)36-8-2)42-28-10-9-23(15-22(28)4)37-31-30-26(34-20-35-31)17-29(41-5)32(38-30)39-14-12-33-18-25(19-39)43-6/h8-11,13,15-17,20,25,33H,7,12,14,18-19H2,1-6H3,(H,34,35,37)/b27-21-,36-8-. The van der Waals surface area contributed by atoms with Crippen molar-refractivity contribution in [3.05, 3.63) is 71.5 Å². The van der Waals surface area contributed by atoms with E-state index in [0.29, 0.717) is 27.9 Å². The highest BCUT2D eigenvalue weighted by molar-refractivity contribution is 7.99. The van der Waals surface area contributed by atoms with Crippen LogP contribution in [0.4, 0.5) is 17.3 Å². The number of aryl methyl sites for hydroxylation is 1. The molecule has 5 rings (SSSR count). The molecule has 11 heteroatoms. The molecule has 0 bridgehead atoms. The van der Waals surface area contributed by atoms with E-state index >= 15 is 0 Å². The van der Waals surface area contributed by atoms with Gasteiger partial charge in [0, 0.05) is 61.7 Å². The first kappa shape index (κ1) is 30.4. The molecular formula is C32H40N8O2S. The van der Waals surface area contributed by atoms with Gasteiger partial charge in [0.15, 0.2) is 17.4 Å². The number of nitrogens with zero attached hydrogens (tertiary/aromatic N) is 6. The second-order valence-electron chi connectivity index (χ2n) is 10.4. The third-order valence-corrected chi connectivity index (χ3v) is 8.52. The molecule has 2 N–H and O–H groups in total. The summed E-state index contributed by atoms with van der Waals surface area (Å²) in [6.45, 7) is 11.8. The van der Waals surface area contributed by atoms with Crippen molar-refractivity contribution in [3.63, 3.8) is 0 Å². The van der Waals surface area contributed by atoms with Crippen LogP contribution in [0, 0.1) is 6.92 Å². The van der Waals surface area contributed by atoms with Crippen molar-refractivity contribution in [1.29, 1.82) is 0 Å². The lowest BCUT2D eigenvalue weighted by Gasteiger charge is -2.26. The summed E-state index contributed by atoms with van der Waals surface area (Å²) >= 11 is 1.86. The topological polar surface area (TPSA) is 100 Å². The average Bonchev–Trinajstić information content (AvgIpc) is 3.28. The maximum atomic E-state index is 6.32. The molecule has 1 aromatic carbocycles. The summed E-state index contributed by atoms with van der Waals surface area (Å²) in [6, 6.07) is 7.95. The van der Waals surface area contributed by atoms with Crippen molar-refractivity contribution in [1.82, 2.24) is 25.3 Å². The van der Waals surface area contributed by atoms with Crippen LogP contribution >= 0.6 is 11.8 Å². The number of ether oxygens (including phenoxy) is 2. The van der Waals surface area contributed by atoms with Gasteiger partial charge in [-0.3, -0.25) is 0 Å². The van der Waals surface area contributed by atoms with Crippen LogP contribution in [0.3, 0.4) is 0 Å². The summed E-state index contributed by atoms with van der Waals surface area (Å²) in [5.74, 6) is 3.68. The zero-order valence-electron chi connectivity index (χ0n) is 25.7. The van der Waals surface area contributed by atoms with Crippen LogP contribution in [0.15, 0.2) is 71.1 Å². The smallest absolute Gasteiger partial charge is 0.172 e. The highest BCUT2D eigenvalue weighted by Crippen LogP contribution is 2.34. The van der Waals surface area contributed by atoms with E-state index in [1.165, 1.54) is 5.57 Å². The minimum Gasteiger partial charge on any atom is -0.493 e. The Kier molecular flexibility index (Phi) is 9.83. The molecular weight excluding hydrogens is 560 g/mol. The molecule has 226 valence electrons. The van der Waals surface area contributed by atoms with Crippen LogP contribution in [0.25, 0.3) is 11.0 Å². The van der Waals surface area contributed by atoms with Crippen LogP contribution in [0.2, 0.25) is 0 Å². The van der Waals surface area contributed by atoms with Crippen LogP contribution in [0.5, 0.6) is 11.5 Å². The van der Waals surface area contributed by atoms with Crippen molar-refractivity contribution in [3.8, 4) is 11.5 Å². The number of anilines is 3. The number of aromatic nitrogens is 3. The molecule has 0 aliphatic carbocycles. The number of rotatable bonds is 9. The molecule has 1 unspecified atom stereocenters. The summed E-state index contributed by atoms with van der Waals surface area (Å²) in [5.41, 5.74) is 5.53. The highest BCUT2D eigenvalue weighted by Gasteiger charge is 2.23. The molecule has 2 aliphatic heterocycles. The fourth-order valence-corrected chi connectivity index (χ4v) is 5.64. The Hall–Kier alpha value is -4.09. The van der Waals surface area contributed by atoms with Crippen LogP contribution in [0.1, 0.15) is 32.8 Å². The Bertz CT molecular complexity index is 1590. The maximum absolute atomic E-state index is 6.32. The minimum atomic E-state index is 0.458. The number of benzene rings is 1. The number of allylic oxidation sites excluding steroid dienone is 3.